The summed E-state index contributed by atoms with van der Waals surface area (Å²) in [6, 6.07) is 7.89. The molecule has 2 bridgehead atoms. The Balaban J connectivity index is 1.88. The smallest absolute Gasteiger partial charge is 0.137 e. The zero-order valence-electron chi connectivity index (χ0n) is 12.6. The number of carbonyl (C=O) groups is 1. The van der Waals surface area contributed by atoms with Crippen LogP contribution < -0.4 is 0 Å². The van der Waals surface area contributed by atoms with Crippen LogP contribution in [0.2, 0.25) is 0 Å². The van der Waals surface area contributed by atoms with Crippen LogP contribution in [0.3, 0.4) is 0 Å². The molecule has 2 aliphatic carbocycles. The van der Waals surface area contributed by atoms with Crippen LogP contribution >= 0.6 is 0 Å². The Hall–Kier alpha value is -1.22. The summed E-state index contributed by atoms with van der Waals surface area (Å²) in [5.74, 6) is 0.887. The molecular formula is C18H22O2S. The van der Waals surface area contributed by atoms with Crippen LogP contribution in [-0.2, 0) is 15.6 Å². The molecule has 0 saturated heterocycles. The fourth-order valence-electron chi connectivity index (χ4n) is 3.73. The Morgan fingerprint density at radius 2 is 1.86 bits per heavy atom. The third-order valence-corrected chi connectivity index (χ3v) is 6.63. The van der Waals surface area contributed by atoms with Gasteiger partial charge in [0.15, 0.2) is 0 Å². The molecule has 3 rings (SSSR count). The molecule has 5 atom stereocenters. The minimum atomic E-state index is -1.09. The summed E-state index contributed by atoms with van der Waals surface area (Å²) in [7, 11) is -1.09. The molecular weight excluding hydrogens is 280 g/mol. The Morgan fingerprint density at radius 1 is 1.19 bits per heavy atom. The Bertz CT molecular complexity index is 588. The second-order valence-corrected chi connectivity index (χ2v) is 7.88. The first-order chi connectivity index (χ1) is 10.1. The van der Waals surface area contributed by atoms with E-state index in [4.69, 9.17) is 0 Å². The molecule has 21 heavy (non-hydrogen) atoms. The van der Waals surface area contributed by atoms with Gasteiger partial charge in [-0.3, -0.25) is 9.00 Å². The van der Waals surface area contributed by atoms with Gasteiger partial charge < -0.3 is 0 Å². The highest BCUT2D eigenvalue weighted by molar-refractivity contribution is 7.85. The largest absolute Gasteiger partial charge is 0.299 e. The van der Waals surface area contributed by atoms with E-state index < -0.39 is 10.8 Å². The van der Waals surface area contributed by atoms with Gasteiger partial charge in [0.05, 0.1) is 16.0 Å². The van der Waals surface area contributed by atoms with Gasteiger partial charge >= 0.3 is 0 Å². The molecule has 3 heteroatoms. The number of fused-ring (bicyclic) bond motifs is 2. The molecule has 0 aromatic heterocycles. The monoisotopic (exact) mass is 302 g/mol. The molecule has 112 valence electrons. The third kappa shape index (κ3) is 2.64. The van der Waals surface area contributed by atoms with Crippen molar-refractivity contribution in [2.24, 2.45) is 17.8 Å². The highest BCUT2D eigenvalue weighted by Crippen LogP contribution is 2.48. The van der Waals surface area contributed by atoms with E-state index in [1.54, 1.807) is 0 Å². The van der Waals surface area contributed by atoms with Crippen molar-refractivity contribution < 1.29 is 9.00 Å². The average molecular weight is 302 g/mol. The van der Waals surface area contributed by atoms with Crippen molar-refractivity contribution in [2.45, 2.75) is 43.3 Å². The second-order valence-electron chi connectivity index (χ2n) is 6.27. The lowest BCUT2D eigenvalue weighted by Crippen LogP contribution is -2.35. The molecule has 2 aliphatic rings. The predicted molar refractivity (Wildman–Crippen MR) is 85.5 cm³/mol. The zero-order chi connectivity index (χ0) is 15.0. The van der Waals surface area contributed by atoms with Gasteiger partial charge in [0.2, 0.25) is 0 Å². The van der Waals surface area contributed by atoms with E-state index in [0.29, 0.717) is 24.0 Å². The number of hydrogen-bond acceptors (Lipinski definition) is 2. The minimum Gasteiger partial charge on any atom is -0.299 e. The normalized spacial score (nSPS) is 31.5. The number of aryl methyl sites for hydroxylation is 1. The molecule has 1 aromatic carbocycles. The quantitative estimate of drug-likeness (QED) is 0.778. The Morgan fingerprint density at radius 3 is 2.52 bits per heavy atom. The Labute approximate surface area is 129 Å². The van der Waals surface area contributed by atoms with Crippen molar-refractivity contribution in [2.75, 3.05) is 0 Å². The first-order valence-corrected chi connectivity index (χ1v) is 9.01. The number of Topliss-reactive ketones (excluding diaryl/α,β-unsaturated/α-hetero) is 1. The summed E-state index contributed by atoms with van der Waals surface area (Å²) < 4.78 is 13.0. The first kappa shape index (κ1) is 14.7. The van der Waals surface area contributed by atoms with Crippen LogP contribution in [-0.4, -0.2) is 15.2 Å². The van der Waals surface area contributed by atoms with Gasteiger partial charge in [0.25, 0.3) is 0 Å². The second kappa shape index (κ2) is 5.88. The first-order valence-electron chi connectivity index (χ1n) is 7.80. The number of hydrogen-bond donors (Lipinski definition) is 0. The molecule has 0 N–H and O–H groups in total. The topological polar surface area (TPSA) is 34.1 Å². The fraction of sp³-hybridized carbons (Fsp3) is 0.500. The molecule has 0 radical (unpaired) electrons. The molecule has 1 saturated carbocycles. The molecule has 0 heterocycles. The zero-order valence-corrected chi connectivity index (χ0v) is 13.4. The van der Waals surface area contributed by atoms with E-state index in [0.717, 1.165) is 17.7 Å². The van der Waals surface area contributed by atoms with Crippen molar-refractivity contribution in [3.63, 3.8) is 0 Å². The van der Waals surface area contributed by atoms with Gasteiger partial charge in [-0.1, -0.05) is 36.8 Å². The van der Waals surface area contributed by atoms with Crippen molar-refractivity contribution in [3.05, 3.63) is 42.0 Å². The fourth-order valence-corrected chi connectivity index (χ4v) is 5.59. The maximum atomic E-state index is 13.0. The number of allylic oxidation sites excluding steroid dienone is 2. The average Bonchev–Trinajstić information content (AvgIpc) is 3.08. The number of rotatable bonds is 5. The molecule has 0 aliphatic heterocycles. The van der Waals surface area contributed by atoms with Crippen molar-refractivity contribution in [3.8, 4) is 0 Å². The van der Waals surface area contributed by atoms with Gasteiger partial charge in [-0.2, -0.15) is 0 Å². The van der Waals surface area contributed by atoms with Crippen LogP contribution in [0.25, 0.3) is 0 Å². The molecule has 0 spiro atoms. The molecule has 2 nitrogen and oxygen atoms in total. The number of ketones is 1. The highest BCUT2D eigenvalue weighted by Gasteiger charge is 2.50. The number of benzene rings is 1. The summed E-state index contributed by atoms with van der Waals surface area (Å²) in [5, 5.41) is -0.0262. The predicted octanol–water partition coefficient (Wildman–Crippen LogP) is 3.66. The van der Waals surface area contributed by atoms with E-state index in [1.165, 1.54) is 5.56 Å². The summed E-state index contributed by atoms with van der Waals surface area (Å²) in [6.07, 6.45) is 6.84. The van der Waals surface area contributed by atoms with Crippen LogP contribution in [0.1, 0.15) is 31.7 Å². The van der Waals surface area contributed by atoms with E-state index in [9.17, 15) is 9.00 Å². The van der Waals surface area contributed by atoms with E-state index in [1.807, 2.05) is 38.1 Å². The van der Waals surface area contributed by atoms with Crippen LogP contribution in [0.15, 0.2) is 41.3 Å². The molecule has 1 fully saturated rings. The molecule has 0 unspecified atom stereocenters. The SMILES string of the molecule is CCCC(=O)[C@H]1[C@H]([S@@](=O)c2ccc(C)cc2)[C@H]2C=C[C@@H]1C2. The van der Waals surface area contributed by atoms with Gasteiger partial charge in [-0.05, 0) is 43.7 Å². The minimum absolute atomic E-state index is 0.0262. The van der Waals surface area contributed by atoms with Crippen molar-refractivity contribution >= 4 is 16.6 Å². The van der Waals surface area contributed by atoms with Crippen molar-refractivity contribution in [1.82, 2.24) is 0 Å². The van der Waals surface area contributed by atoms with Gasteiger partial charge in [0.1, 0.15) is 5.78 Å². The van der Waals surface area contributed by atoms with Gasteiger partial charge in [-0.15, -0.1) is 0 Å². The lowest BCUT2D eigenvalue weighted by molar-refractivity contribution is -0.123. The summed E-state index contributed by atoms with van der Waals surface area (Å²) >= 11 is 0. The maximum Gasteiger partial charge on any atom is 0.137 e. The van der Waals surface area contributed by atoms with E-state index in [-0.39, 0.29) is 11.2 Å². The van der Waals surface area contributed by atoms with Crippen LogP contribution in [0.4, 0.5) is 0 Å². The lowest BCUT2D eigenvalue weighted by Gasteiger charge is -2.26. The van der Waals surface area contributed by atoms with Crippen LogP contribution in [0, 0.1) is 24.7 Å². The van der Waals surface area contributed by atoms with E-state index >= 15 is 0 Å². The van der Waals surface area contributed by atoms with Crippen molar-refractivity contribution in [1.29, 1.82) is 0 Å². The molecule has 0 amide bonds. The highest BCUT2D eigenvalue weighted by atomic mass is 32.2. The van der Waals surface area contributed by atoms with Crippen LogP contribution in [0.5, 0.6) is 0 Å². The summed E-state index contributed by atoms with van der Waals surface area (Å²) in [6.45, 7) is 4.06. The lowest BCUT2D eigenvalue weighted by atomic mass is 9.87. The van der Waals surface area contributed by atoms with E-state index in [2.05, 4.69) is 12.2 Å². The molecule has 1 aromatic rings. The Kier molecular flexibility index (Phi) is 4.12. The number of carbonyl (C=O) groups excluding carboxylic acids is 1. The van der Waals surface area contributed by atoms with Gasteiger partial charge in [-0.25, -0.2) is 0 Å². The summed E-state index contributed by atoms with van der Waals surface area (Å²) in [4.78, 5) is 13.3. The standard InChI is InChI=1S/C18H22O2S/c1-3-4-16(19)17-13-7-8-14(11-13)18(17)21(20)15-9-5-12(2)6-10-15/h5-10,13-14,17-18H,3-4,11H2,1-2H3/t13-,14+,17+,18-,21+/m1/s1. The third-order valence-electron chi connectivity index (χ3n) is 4.76. The van der Waals surface area contributed by atoms with Gasteiger partial charge in [0, 0.05) is 17.2 Å². The maximum absolute atomic E-state index is 13.0. The summed E-state index contributed by atoms with van der Waals surface area (Å²) in [5.41, 5.74) is 1.17.